The van der Waals surface area contributed by atoms with Crippen LogP contribution in [0.2, 0.25) is 5.02 Å². The Labute approximate surface area is 194 Å². The fourth-order valence-electron chi connectivity index (χ4n) is 3.80. The van der Waals surface area contributed by atoms with E-state index in [0.717, 1.165) is 5.01 Å². The van der Waals surface area contributed by atoms with Crippen LogP contribution in [0, 0.1) is 13.8 Å². The van der Waals surface area contributed by atoms with E-state index in [1.54, 1.807) is 55.5 Å². The lowest BCUT2D eigenvalue weighted by Gasteiger charge is -2.27. The Bertz CT molecular complexity index is 1220. The molecule has 1 N–H and O–H groups in total. The Morgan fingerprint density at radius 3 is 2.38 bits per heavy atom. The number of halogens is 1. The molecule has 1 aliphatic heterocycles. The first kappa shape index (κ1) is 22.0. The highest BCUT2D eigenvalue weighted by molar-refractivity contribution is 7.14. The van der Waals surface area contributed by atoms with Crippen molar-refractivity contribution in [2.24, 2.45) is 0 Å². The lowest BCUT2D eigenvalue weighted by molar-refractivity contribution is -0.117. The molecule has 32 heavy (non-hydrogen) atoms. The molecule has 0 aliphatic carbocycles. The van der Waals surface area contributed by atoms with E-state index in [2.05, 4.69) is 4.98 Å². The number of aromatic nitrogens is 1. The molecule has 2 heterocycles. The molecule has 8 heteroatoms. The molecule has 0 saturated heterocycles. The summed E-state index contributed by atoms with van der Waals surface area (Å²) in [5, 5.41) is 12.1. The smallest absolute Gasteiger partial charge is 0.294 e. The quantitative estimate of drug-likeness (QED) is 0.476. The second kappa shape index (κ2) is 8.76. The van der Waals surface area contributed by atoms with E-state index in [9.17, 15) is 14.7 Å². The van der Waals surface area contributed by atoms with Gasteiger partial charge in [-0.2, -0.15) is 0 Å². The third kappa shape index (κ3) is 3.89. The number of ether oxygens (including phenoxy) is 1. The minimum Gasteiger partial charge on any atom is -0.503 e. The Balaban J connectivity index is 1.85. The fourth-order valence-corrected chi connectivity index (χ4v) is 4.80. The zero-order valence-corrected chi connectivity index (χ0v) is 19.3. The summed E-state index contributed by atoms with van der Waals surface area (Å²) in [4.78, 5) is 32.9. The highest BCUT2D eigenvalue weighted by Gasteiger charge is 2.45. The van der Waals surface area contributed by atoms with Gasteiger partial charge in [0, 0.05) is 10.7 Å². The van der Waals surface area contributed by atoms with Gasteiger partial charge in [-0.25, -0.2) is 4.98 Å². The van der Waals surface area contributed by atoms with E-state index < -0.39 is 23.5 Å². The molecule has 0 radical (unpaired) electrons. The molecule has 2 aromatic carbocycles. The van der Waals surface area contributed by atoms with Crippen molar-refractivity contribution in [2.75, 3.05) is 11.5 Å². The largest absolute Gasteiger partial charge is 0.503 e. The summed E-state index contributed by atoms with van der Waals surface area (Å²) < 4.78 is 5.52. The normalized spacial score (nSPS) is 16.1. The van der Waals surface area contributed by atoms with E-state index in [-0.39, 0.29) is 5.57 Å². The molecule has 6 nitrogen and oxygen atoms in total. The second-order valence-electron chi connectivity index (χ2n) is 7.29. The van der Waals surface area contributed by atoms with Crippen molar-refractivity contribution < 1.29 is 19.4 Å². The topological polar surface area (TPSA) is 79.7 Å². The number of hydrogen-bond donors (Lipinski definition) is 1. The van der Waals surface area contributed by atoms with Gasteiger partial charge < -0.3 is 9.84 Å². The van der Waals surface area contributed by atoms with E-state index in [1.807, 2.05) is 13.8 Å². The van der Waals surface area contributed by atoms with Gasteiger partial charge in [0.25, 0.3) is 5.91 Å². The minimum atomic E-state index is -0.811. The molecule has 1 amide bonds. The zero-order valence-electron chi connectivity index (χ0n) is 17.8. The van der Waals surface area contributed by atoms with Gasteiger partial charge in [0.05, 0.1) is 33.8 Å². The highest BCUT2D eigenvalue weighted by atomic mass is 35.5. The molecular formula is C24H21ClN2O4S. The van der Waals surface area contributed by atoms with Gasteiger partial charge in [-0.3, -0.25) is 14.5 Å². The predicted molar refractivity (Wildman–Crippen MR) is 125 cm³/mol. The van der Waals surface area contributed by atoms with Gasteiger partial charge in [-0.1, -0.05) is 23.7 Å². The molecule has 1 atom stereocenters. The van der Waals surface area contributed by atoms with Gasteiger partial charge in [-0.05, 0) is 62.7 Å². The van der Waals surface area contributed by atoms with Crippen LogP contribution >= 0.6 is 22.9 Å². The molecule has 1 aromatic heterocycles. The van der Waals surface area contributed by atoms with Crippen LogP contribution in [0.3, 0.4) is 0 Å². The molecule has 0 fully saturated rings. The first-order valence-electron chi connectivity index (χ1n) is 10.1. The molecule has 3 aromatic rings. The van der Waals surface area contributed by atoms with Crippen molar-refractivity contribution >= 4 is 40.3 Å². The van der Waals surface area contributed by atoms with Gasteiger partial charge in [0.1, 0.15) is 5.75 Å². The number of rotatable bonds is 6. The molecule has 0 saturated carbocycles. The monoisotopic (exact) mass is 468 g/mol. The highest BCUT2D eigenvalue weighted by Crippen LogP contribution is 2.43. The minimum absolute atomic E-state index is 0.0286. The molecule has 164 valence electrons. The maximum atomic E-state index is 13.5. The Morgan fingerprint density at radius 2 is 1.81 bits per heavy atom. The summed E-state index contributed by atoms with van der Waals surface area (Å²) in [6.45, 7) is 5.97. The zero-order chi connectivity index (χ0) is 23.0. The number of Topliss-reactive ketones (excluding diaryl/α,β-unsaturated/α-hetero) is 1. The van der Waals surface area contributed by atoms with Crippen molar-refractivity contribution in [2.45, 2.75) is 26.8 Å². The van der Waals surface area contributed by atoms with Crippen LogP contribution in [0.25, 0.3) is 0 Å². The van der Waals surface area contributed by atoms with Crippen LogP contribution in [-0.4, -0.2) is 28.4 Å². The maximum absolute atomic E-state index is 13.5. The molecule has 1 unspecified atom stereocenters. The number of hydrogen-bond acceptors (Lipinski definition) is 6. The van der Waals surface area contributed by atoms with E-state index in [4.69, 9.17) is 16.3 Å². The van der Waals surface area contributed by atoms with Gasteiger partial charge in [0.15, 0.2) is 5.76 Å². The Kier molecular flexibility index (Phi) is 6.04. The number of amides is 1. The summed E-state index contributed by atoms with van der Waals surface area (Å²) in [5.74, 6) is -0.939. The average molecular weight is 469 g/mol. The first-order chi connectivity index (χ1) is 15.3. The number of nitrogens with zero attached hydrogens (tertiary/aromatic N) is 2. The van der Waals surface area contributed by atoms with Crippen LogP contribution in [0.4, 0.5) is 5.69 Å². The summed E-state index contributed by atoms with van der Waals surface area (Å²) in [5.41, 5.74) is 1.79. The molecule has 4 rings (SSSR count). The molecule has 0 bridgehead atoms. The Morgan fingerprint density at radius 1 is 1.16 bits per heavy atom. The number of carbonyl (C=O) groups is 2. The standard InChI is InChI=1S/C24H21ClN2O4S/c1-4-31-18-11-5-15(6-12-18)20-19(21(28)23-13(2)26-14(3)32-23)22(29)24(30)27(20)17-9-7-16(25)8-10-17/h5-12,20,29H,4H2,1-3H3. The lowest BCUT2D eigenvalue weighted by atomic mass is 9.94. The maximum Gasteiger partial charge on any atom is 0.294 e. The van der Waals surface area contributed by atoms with E-state index in [0.29, 0.717) is 39.2 Å². The number of aryl methyl sites for hydroxylation is 2. The molecule has 0 spiro atoms. The summed E-state index contributed by atoms with van der Waals surface area (Å²) in [6.07, 6.45) is 0. The van der Waals surface area contributed by atoms with Crippen molar-refractivity contribution in [1.82, 2.24) is 4.98 Å². The third-order valence-corrected chi connectivity index (χ3v) is 6.50. The van der Waals surface area contributed by atoms with Crippen LogP contribution in [-0.2, 0) is 4.79 Å². The number of aliphatic hydroxyl groups is 1. The van der Waals surface area contributed by atoms with Crippen LogP contribution in [0.15, 0.2) is 59.9 Å². The SMILES string of the molecule is CCOc1ccc(C2C(C(=O)c3sc(C)nc3C)=C(O)C(=O)N2c2ccc(Cl)cc2)cc1. The summed E-state index contributed by atoms with van der Waals surface area (Å²) in [6, 6.07) is 13.0. The second-order valence-corrected chi connectivity index (χ2v) is 8.93. The fraction of sp³-hybridized carbons (Fsp3) is 0.208. The van der Waals surface area contributed by atoms with Crippen molar-refractivity contribution in [3.8, 4) is 5.75 Å². The number of aliphatic hydroxyl groups excluding tert-OH is 1. The van der Waals surface area contributed by atoms with Gasteiger partial charge >= 0.3 is 0 Å². The third-order valence-electron chi connectivity index (χ3n) is 5.17. The predicted octanol–water partition coefficient (Wildman–Crippen LogP) is 5.59. The number of thiazole rings is 1. The summed E-state index contributed by atoms with van der Waals surface area (Å²) in [7, 11) is 0. The molecular weight excluding hydrogens is 448 g/mol. The van der Waals surface area contributed by atoms with Gasteiger partial charge in [0.2, 0.25) is 5.78 Å². The van der Waals surface area contributed by atoms with Crippen molar-refractivity contribution in [3.63, 3.8) is 0 Å². The molecule has 1 aliphatic rings. The van der Waals surface area contributed by atoms with E-state index >= 15 is 0 Å². The van der Waals surface area contributed by atoms with Gasteiger partial charge in [-0.15, -0.1) is 11.3 Å². The average Bonchev–Trinajstić information content (AvgIpc) is 3.25. The number of anilines is 1. The first-order valence-corrected chi connectivity index (χ1v) is 11.2. The van der Waals surface area contributed by atoms with Crippen molar-refractivity contribution in [1.29, 1.82) is 0 Å². The van der Waals surface area contributed by atoms with Crippen LogP contribution in [0.1, 0.15) is 38.9 Å². The summed E-state index contributed by atoms with van der Waals surface area (Å²) >= 11 is 7.27. The van der Waals surface area contributed by atoms with Crippen molar-refractivity contribution in [3.05, 3.63) is 86.0 Å². The van der Waals surface area contributed by atoms with Crippen LogP contribution in [0.5, 0.6) is 5.75 Å². The number of carbonyl (C=O) groups excluding carboxylic acids is 2. The number of ketones is 1. The lowest BCUT2D eigenvalue weighted by Crippen LogP contribution is -2.31. The van der Waals surface area contributed by atoms with E-state index in [1.165, 1.54) is 16.2 Å². The number of benzene rings is 2. The Hall–Kier alpha value is -3.16. The van der Waals surface area contributed by atoms with Crippen LogP contribution < -0.4 is 9.64 Å².